The topological polar surface area (TPSA) is 89.5 Å². The van der Waals surface area contributed by atoms with E-state index >= 15 is 0 Å². The fraction of sp³-hybridized carbons (Fsp3) is 0.400. The van der Waals surface area contributed by atoms with E-state index in [9.17, 15) is 9.59 Å². The van der Waals surface area contributed by atoms with Crippen LogP contribution in [0, 0.1) is 5.92 Å². The molecule has 8 nitrogen and oxygen atoms in total. The van der Waals surface area contributed by atoms with Gasteiger partial charge in [0.25, 0.3) is 5.56 Å². The lowest BCUT2D eigenvalue weighted by molar-refractivity contribution is 0.209. The van der Waals surface area contributed by atoms with Gasteiger partial charge in [-0.1, -0.05) is 6.07 Å². The predicted molar refractivity (Wildman–Crippen MR) is 140 cm³/mol. The summed E-state index contributed by atoms with van der Waals surface area (Å²) in [5, 5.41) is 0. The van der Waals surface area contributed by atoms with Gasteiger partial charge in [0.15, 0.2) is 0 Å². The van der Waals surface area contributed by atoms with Gasteiger partial charge < -0.3 is 19.4 Å². The minimum atomic E-state index is -0.365. The zero-order chi connectivity index (χ0) is 23.2. The van der Waals surface area contributed by atoms with Gasteiger partial charge in [-0.15, -0.1) is 23.7 Å². The number of benzene rings is 1. The highest BCUT2D eigenvalue weighted by Crippen LogP contribution is 2.46. The molecular formula is C25H27ClN4O4S. The lowest BCUT2D eigenvalue weighted by atomic mass is 9.86. The van der Waals surface area contributed by atoms with Crippen LogP contribution in [0.4, 0.5) is 0 Å². The number of pyridine rings is 1. The lowest BCUT2D eigenvalue weighted by Crippen LogP contribution is -2.34. The standard InChI is InChI=1S/C25H26N4O4S.ClH/c1-32-17-6-4-7-18-20(17)16-13-28(12-15(16)14-33-18)10-2-3-11-29-24(30)23-22(27-25(29)31)21-19(34-23)8-5-9-26-21;/h4-9,15-16H,2-3,10-14H2,1H3,(H,27,31);1H/t15-,16+;/m0./s1. The molecule has 10 heteroatoms. The average molecular weight is 515 g/mol. The molecular weight excluding hydrogens is 488 g/mol. The molecule has 1 saturated heterocycles. The van der Waals surface area contributed by atoms with Crippen LogP contribution >= 0.6 is 23.7 Å². The molecule has 0 aliphatic carbocycles. The molecule has 0 radical (unpaired) electrons. The Labute approximate surface area is 211 Å². The van der Waals surface area contributed by atoms with Crippen LogP contribution in [0.2, 0.25) is 0 Å². The number of halogens is 1. The highest BCUT2D eigenvalue weighted by Gasteiger charge is 2.40. The van der Waals surface area contributed by atoms with Crippen LogP contribution in [0.3, 0.4) is 0 Å². The summed E-state index contributed by atoms with van der Waals surface area (Å²) < 4.78 is 14.4. The number of rotatable bonds is 6. The average Bonchev–Trinajstić information content (AvgIpc) is 3.44. The molecule has 2 atom stereocenters. The number of fused-ring (bicyclic) bond motifs is 6. The Morgan fingerprint density at radius 3 is 2.89 bits per heavy atom. The van der Waals surface area contributed by atoms with Crippen molar-refractivity contribution in [2.75, 3.05) is 33.4 Å². The van der Waals surface area contributed by atoms with E-state index in [1.54, 1.807) is 13.3 Å². The van der Waals surface area contributed by atoms with Crippen molar-refractivity contribution in [1.82, 2.24) is 19.4 Å². The number of hydrogen-bond donors (Lipinski definition) is 1. The number of ether oxygens (including phenoxy) is 2. The van der Waals surface area contributed by atoms with Crippen molar-refractivity contribution in [2.45, 2.75) is 25.3 Å². The molecule has 0 amide bonds. The summed E-state index contributed by atoms with van der Waals surface area (Å²) in [4.78, 5) is 35.3. The summed E-state index contributed by atoms with van der Waals surface area (Å²) in [5.41, 5.74) is 1.82. The van der Waals surface area contributed by atoms with Crippen molar-refractivity contribution in [3.8, 4) is 11.5 Å². The van der Waals surface area contributed by atoms with E-state index in [4.69, 9.17) is 9.47 Å². The van der Waals surface area contributed by atoms with E-state index in [1.807, 2.05) is 30.3 Å². The van der Waals surface area contributed by atoms with Gasteiger partial charge in [0, 0.05) is 43.2 Å². The highest BCUT2D eigenvalue weighted by molar-refractivity contribution is 7.25. The normalized spacial score (nSPS) is 19.2. The molecule has 6 rings (SSSR count). The maximum Gasteiger partial charge on any atom is 0.328 e. The molecule has 35 heavy (non-hydrogen) atoms. The van der Waals surface area contributed by atoms with E-state index in [0.29, 0.717) is 34.1 Å². The van der Waals surface area contributed by atoms with Crippen LogP contribution < -0.4 is 20.7 Å². The molecule has 1 fully saturated rings. The summed E-state index contributed by atoms with van der Waals surface area (Å²) in [6.45, 7) is 4.04. The highest BCUT2D eigenvalue weighted by atomic mass is 35.5. The van der Waals surface area contributed by atoms with Gasteiger partial charge in [-0.25, -0.2) is 4.79 Å². The van der Waals surface area contributed by atoms with E-state index in [1.165, 1.54) is 21.5 Å². The van der Waals surface area contributed by atoms with Gasteiger partial charge in [-0.05, 0) is 43.7 Å². The smallest absolute Gasteiger partial charge is 0.328 e. The number of hydrogen-bond acceptors (Lipinski definition) is 7. The fourth-order valence-electron chi connectivity index (χ4n) is 5.42. The third kappa shape index (κ3) is 4.11. The molecule has 1 N–H and O–H groups in total. The fourth-order valence-corrected chi connectivity index (χ4v) is 6.49. The van der Waals surface area contributed by atoms with E-state index < -0.39 is 0 Å². The van der Waals surface area contributed by atoms with Gasteiger partial charge in [-0.3, -0.25) is 14.3 Å². The van der Waals surface area contributed by atoms with E-state index in [0.717, 1.165) is 55.3 Å². The van der Waals surface area contributed by atoms with Gasteiger partial charge in [0.2, 0.25) is 0 Å². The van der Waals surface area contributed by atoms with Gasteiger partial charge in [0.05, 0.1) is 23.9 Å². The summed E-state index contributed by atoms with van der Waals surface area (Å²) in [7, 11) is 1.71. The molecule has 0 bridgehead atoms. The molecule has 0 saturated carbocycles. The van der Waals surface area contributed by atoms with Crippen molar-refractivity contribution in [3.63, 3.8) is 0 Å². The number of nitrogens with zero attached hydrogens (tertiary/aromatic N) is 3. The number of methoxy groups -OCH3 is 1. The molecule has 0 unspecified atom stereocenters. The van der Waals surface area contributed by atoms with Crippen LogP contribution in [0.25, 0.3) is 20.4 Å². The summed E-state index contributed by atoms with van der Waals surface area (Å²) in [6, 6.07) is 9.76. The molecule has 0 spiro atoms. The van der Waals surface area contributed by atoms with Gasteiger partial charge >= 0.3 is 5.69 Å². The predicted octanol–water partition coefficient (Wildman–Crippen LogP) is 3.62. The molecule has 3 aromatic heterocycles. The first-order valence-electron chi connectivity index (χ1n) is 11.7. The second kappa shape index (κ2) is 9.64. The number of aromatic amines is 1. The maximum absolute atomic E-state index is 13.0. The molecule has 4 aromatic rings. The van der Waals surface area contributed by atoms with Crippen LogP contribution in [0.1, 0.15) is 24.3 Å². The molecule has 2 aliphatic rings. The Morgan fingerprint density at radius 1 is 1.17 bits per heavy atom. The number of thiophene rings is 1. The largest absolute Gasteiger partial charge is 0.496 e. The Morgan fingerprint density at radius 2 is 2.03 bits per heavy atom. The number of nitrogens with one attached hydrogen (secondary N) is 1. The molecule has 2 aliphatic heterocycles. The monoisotopic (exact) mass is 514 g/mol. The minimum absolute atomic E-state index is 0. The van der Waals surface area contributed by atoms with Crippen molar-refractivity contribution in [3.05, 3.63) is 62.9 Å². The third-order valence-corrected chi connectivity index (χ3v) is 8.19. The number of H-pyrrole nitrogens is 1. The first-order valence-corrected chi connectivity index (χ1v) is 12.5. The maximum atomic E-state index is 13.0. The quantitative estimate of drug-likeness (QED) is 0.395. The Kier molecular flexibility index (Phi) is 6.57. The first kappa shape index (κ1) is 23.8. The van der Waals surface area contributed by atoms with E-state index in [2.05, 4.69) is 14.9 Å². The lowest BCUT2D eigenvalue weighted by Gasteiger charge is -2.29. The summed E-state index contributed by atoms with van der Waals surface area (Å²) in [5.74, 6) is 2.71. The number of aromatic nitrogens is 3. The second-order valence-electron chi connectivity index (χ2n) is 9.06. The molecule has 1 aromatic carbocycles. The SMILES string of the molecule is COc1cccc2c1[C@@H]1CN(CCCCn3c(=O)[nH]c4c(sc5cccnc54)c3=O)C[C@H]1CO2.Cl. The Balaban J connectivity index is 0.00000253. The van der Waals surface area contributed by atoms with Gasteiger partial charge in [0.1, 0.15) is 21.7 Å². The summed E-state index contributed by atoms with van der Waals surface area (Å²) >= 11 is 1.38. The van der Waals surface area contributed by atoms with Crippen LogP contribution in [0.5, 0.6) is 11.5 Å². The first-order chi connectivity index (χ1) is 16.6. The zero-order valence-corrected chi connectivity index (χ0v) is 21.0. The number of likely N-dealkylation sites (tertiary alicyclic amines) is 1. The van der Waals surface area contributed by atoms with Gasteiger partial charge in [-0.2, -0.15) is 0 Å². The van der Waals surface area contributed by atoms with Crippen molar-refractivity contribution >= 4 is 44.2 Å². The molecule has 184 valence electrons. The third-order valence-electron chi connectivity index (χ3n) is 7.06. The van der Waals surface area contributed by atoms with Crippen molar-refractivity contribution in [1.29, 1.82) is 0 Å². The summed E-state index contributed by atoms with van der Waals surface area (Å²) in [6.07, 6.45) is 3.35. The van der Waals surface area contributed by atoms with Crippen LogP contribution in [-0.4, -0.2) is 52.8 Å². The van der Waals surface area contributed by atoms with Crippen LogP contribution in [0.15, 0.2) is 46.1 Å². The number of unbranched alkanes of at least 4 members (excludes halogenated alkanes) is 1. The van der Waals surface area contributed by atoms with Crippen LogP contribution in [-0.2, 0) is 6.54 Å². The second-order valence-corrected chi connectivity index (χ2v) is 10.1. The van der Waals surface area contributed by atoms with Crippen molar-refractivity contribution < 1.29 is 9.47 Å². The van der Waals surface area contributed by atoms with E-state index in [-0.39, 0.29) is 23.7 Å². The van der Waals surface area contributed by atoms with Crippen molar-refractivity contribution in [2.24, 2.45) is 5.92 Å². The minimum Gasteiger partial charge on any atom is -0.496 e. The molecule has 5 heterocycles. The zero-order valence-electron chi connectivity index (χ0n) is 19.4. The Hall–Kier alpha value is -2.88. The Bertz CT molecular complexity index is 1480.